The molecule has 2 heterocycles. The van der Waals surface area contributed by atoms with Gasteiger partial charge in [-0.15, -0.1) is 10.2 Å². The van der Waals surface area contributed by atoms with Crippen LogP contribution in [0.2, 0.25) is 0 Å². The van der Waals surface area contributed by atoms with Crippen LogP contribution in [-0.2, 0) is 10.0 Å². The van der Waals surface area contributed by atoms with E-state index in [9.17, 15) is 18.3 Å². The highest BCUT2D eigenvalue weighted by Gasteiger charge is 2.28. The fourth-order valence-electron chi connectivity index (χ4n) is 2.79. The van der Waals surface area contributed by atoms with Crippen molar-refractivity contribution in [3.8, 4) is 0 Å². The molecule has 3 aromatic rings. The maximum Gasteiger partial charge on any atom is 0.335 e. The lowest BCUT2D eigenvalue weighted by molar-refractivity contribution is 0.0696. The second-order valence-corrected chi connectivity index (χ2v) is 8.33. The maximum atomic E-state index is 12.9. The lowest BCUT2D eigenvalue weighted by atomic mass is 10.1. The molecule has 9 heteroatoms. The van der Waals surface area contributed by atoms with Crippen molar-refractivity contribution in [3.63, 3.8) is 0 Å². The van der Waals surface area contributed by atoms with E-state index in [1.54, 1.807) is 23.6 Å². The Hall–Kier alpha value is -2.78. The van der Waals surface area contributed by atoms with Crippen LogP contribution < -0.4 is 4.72 Å². The molecule has 0 radical (unpaired) electrons. The Kier molecular flexibility index (Phi) is 4.99. The number of aromatic carboxylic acids is 1. The number of carbonyl (C=O) groups is 1. The standard InChI is InChI=1S/C18H20N4O4S/c1-11(2)16(17-20-19-15-6-4-5-9-22(15)17)21-27(25,26)13-8-7-12(3)14(10-13)18(23)24/h4-11,16,21H,1-3H3,(H,23,24)/t16-/m0/s1. The summed E-state index contributed by atoms with van der Waals surface area (Å²) < 4.78 is 30.2. The predicted octanol–water partition coefficient (Wildman–Crippen LogP) is 2.41. The minimum Gasteiger partial charge on any atom is -0.478 e. The van der Waals surface area contributed by atoms with E-state index in [2.05, 4.69) is 14.9 Å². The van der Waals surface area contributed by atoms with E-state index in [1.165, 1.54) is 18.2 Å². The second kappa shape index (κ2) is 7.09. The predicted molar refractivity (Wildman–Crippen MR) is 99.0 cm³/mol. The van der Waals surface area contributed by atoms with Gasteiger partial charge in [-0.3, -0.25) is 4.40 Å². The van der Waals surface area contributed by atoms with Crippen LogP contribution in [-0.4, -0.2) is 34.1 Å². The molecule has 0 amide bonds. The molecule has 2 aromatic heterocycles. The van der Waals surface area contributed by atoms with Crippen LogP contribution in [0.15, 0.2) is 47.5 Å². The normalized spacial score (nSPS) is 13.2. The number of carboxylic acid groups (broad SMARTS) is 1. The SMILES string of the molecule is Cc1ccc(S(=O)(=O)N[C@H](c2nnc3ccccn23)C(C)C)cc1C(=O)O. The van der Waals surface area contributed by atoms with Crippen LogP contribution in [0, 0.1) is 12.8 Å². The molecule has 0 aliphatic carbocycles. The number of pyridine rings is 1. The molecule has 27 heavy (non-hydrogen) atoms. The third kappa shape index (κ3) is 3.69. The number of aryl methyl sites for hydroxylation is 1. The molecule has 0 saturated carbocycles. The molecule has 142 valence electrons. The smallest absolute Gasteiger partial charge is 0.335 e. The number of hydrogen-bond acceptors (Lipinski definition) is 5. The van der Waals surface area contributed by atoms with Crippen molar-refractivity contribution in [1.82, 2.24) is 19.3 Å². The zero-order valence-corrected chi connectivity index (χ0v) is 15.9. The highest BCUT2D eigenvalue weighted by molar-refractivity contribution is 7.89. The minimum atomic E-state index is -3.97. The molecule has 0 aliphatic heterocycles. The Bertz CT molecular complexity index is 1110. The highest BCUT2D eigenvalue weighted by atomic mass is 32.2. The number of nitrogens with one attached hydrogen (secondary N) is 1. The fraction of sp³-hybridized carbons (Fsp3) is 0.278. The first kappa shape index (κ1) is 19.0. The fourth-order valence-corrected chi connectivity index (χ4v) is 4.16. The van der Waals surface area contributed by atoms with Gasteiger partial charge in [-0.1, -0.05) is 26.0 Å². The number of sulfonamides is 1. The molecular formula is C18H20N4O4S. The molecule has 8 nitrogen and oxygen atoms in total. The van der Waals surface area contributed by atoms with Crippen LogP contribution in [0.3, 0.4) is 0 Å². The van der Waals surface area contributed by atoms with Gasteiger partial charge in [-0.25, -0.2) is 17.9 Å². The summed E-state index contributed by atoms with van der Waals surface area (Å²) in [5.74, 6) is -0.820. The van der Waals surface area contributed by atoms with E-state index >= 15 is 0 Å². The lowest BCUT2D eigenvalue weighted by Gasteiger charge is -2.21. The van der Waals surface area contributed by atoms with Gasteiger partial charge < -0.3 is 5.11 Å². The summed E-state index contributed by atoms with van der Waals surface area (Å²) in [4.78, 5) is 11.2. The van der Waals surface area contributed by atoms with Gasteiger partial charge in [0.05, 0.1) is 16.5 Å². The molecular weight excluding hydrogens is 368 g/mol. The van der Waals surface area contributed by atoms with Crippen molar-refractivity contribution in [2.75, 3.05) is 0 Å². The van der Waals surface area contributed by atoms with Gasteiger partial charge in [-0.05, 0) is 42.7 Å². The molecule has 0 bridgehead atoms. The quantitative estimate of drug-likeness (QED) is 0.670. The molecule has 0 fully saturated rings. The number of fused-ring (bicyclic) bond motifs is 1. The molecule has 2 N–H and O–H groups in total. The third-order valence-corrected chi connectivity index (χ3v) is 5.76. The average Bonchev–Trinajstić information content (AvgIpc) is 3.03. The van der Waals surface area contributed by atoms with E-state index in [1.807, 2.05) is 26.0 Å². The molecule has 0 unspecified atom stereocenters. The van der Waals surface area contributed by atoms with Crippen molar-refractivity contribution in [3.05, 3.63) is 59.5 Å². The summed E-state index contributed by atoms with van der Waals surface area (Å²) in [5.41, 5.74) is 1.05. The van der Waals surface area contributed by atoms with Gasteiger partial charge in [0, 0.05) is 6.20 Å². The number of rotatable bonds is 6. The van der Waals surface area contributed by atoms with Crippen LogP contribution in [0.4, 0.5) is 0 Å². The number of aromatic nitrogens is 3. The van der Waals surface area contributed by atoms with Crippen molar-refractivity contribution in [2.24, 2.45) is 5.92 Å². The molecule has 3 rings (SSSR count). The minimum absolute atomic E-state index is 0.0492. The average molecular weight is 388 g/mol. The Morgan fingerprint density at radius 1 is 1.19 bits per heavy atom. The number of hydrogen-bond donors (Lipinski definition) is 2. The molecule has 1 aromatic carbocycles. The van der Waals surface area contributed by atoms with E-state index < -0.39 is 22.0 Å². The van der Waals surface area contributed by atoms with E-state index in [0.717, 1.165) is 0 Å². The summed E-state index contributed by atoms with van der Waals surface area (Å²) >= 11 is 0. The van der Waals surface area contributed by atoms with Gasteiger partial charge in [-0.2, -0.15) is 0 Å². The Morgan fingerprint density at radius 2 is 1.93 bits per heavy atom. The largest absolute Gasteiger partial charge is 0.478 e. The zero-order valence-electron chi connectivity index (χ0n) is 15.1. The lowest BCUT2D eigenvalue weighted by Crippen LogP contribution is -2.33. The summed E-state index contributed by atoms with van der Waals surface area (Å²) in [7, 11) is -3.97. The maximum absolute atomic E-state index is 12.9. The van der Waals surface area contributed by atoms with Crippen molar-refractivity contribution in [2.45, 2.75) is 31.7 Å². The van der Waals surface area contributed by atoms with E-state index in [4.69, 9.17) is 0 Å². The Morgan fingerprint density at radius 3 is 2.59 bits per heavy atom. The molecule has 0 spiro atoms. The molecule has 0 aliphatic rings. The van der Waals surface area contributed by atoms with Crippen LogP contribution in [0.1, 0.15) is 41.6 Å². The monoisotopic (exact) mass is 388 g/mol. The zero-order chi connectivity index (χ0) is 19.8. The topological polar surface area (TPSA) is 114 Å². The summed E-state index contributed by atoms with van der Waals surface area (Å²) in [5, 5.41) is 17.5. The van der Waals surface area contributed by atoms with Gasteiger partial charge in [0.1, 0.15) is 0 Å². The van der Waals surface area contributed by atoms with Crippen molar-refractivity contribution >= 4 is 21.6 Å². The summed E-state index contributed by atoms with van der Waals surface area (Å²) in [6, 6.07) is 8.81. The number of nitrogens with zero attached hydrogens (tertiary/aromatic N) is 3. The first-order valence-corrected chi connectivity index (χ1v) is 9.85. The first-order chi connectivity index (χ1) is 12.7. The second-order valence-electron chi connectivity index (χ2n) is 6.61. The number of carboxylic acids is 1. The van der Waals surface area contributed by atoms with Gasteiger partial charge >= 0.3 is 5.97 Å². The van der Waals surface area contributed by atoms with Crippen molar-refractivity contribution < 1.29 is 18.3 Å². The number of benzene rings is 1. The van der Waals surface area contributed by atoms with Crippen molar-refractivity contribution in [1.29, 1.82) is 0 Å². The summed E-state index contributed by atoms with van der Waals surface area (Å²) in [6.07, 6.45) is 1.77. The van der Waals surface area contributed by atoms with Gasteiger partial charge in [0.2, 0.25) is 10.0 Å². The molecule has 1 atom stereocenters. The summed E-state index contributed by atoms with van der Waals surface area (Å²) in [6.45, 7) is 5.36. The van der Waals surface area contributed by atoms with Gasteiger partial charge in [0.25, 0.3) is 0 Å². The van der Waals surface area contributed by atoms with E-state index in [-0.39, 0.29) is 16.4 Å². The van der Waals surface area contributed by atoms with Crippen LogP contribution in [0.25, 0.3) is 5.65 Å². The highest BCUT2D eigenvalue weighted by Crippen LogP contribution is 2.24. The van der Waals surface area contributed by atoms with E-state index in [0.29, 0.717) is 17.0 Å². The van der Waals surface area contributed by atoms with Crippen LogP contribution in [0.5, 0.6) is 0 Å². The van der Waals surface area contributed by atoms with Crippen LogP contribution >= 0.6 is 0 Å². The first-order valence-electron chi connectivity index (χ1n) is 8.36. The van der Waals surface area contributed by atoms with Gasteiger partial charge in [0.15, 0.2) is 11.5 Å². The third-order valence-electron chi connectivity index (χ3n) is 4.32. The Balaban J connectivity index is 2.02. The Labute approximate surface area is 156 Å². The molecule has 0 saturated heterocycles.